The van der Waals surface area contributed by atoms with Gasteiger partial charge < -0.3 is 19.3 Å². The van der Waals surface area contributed by atoms with E-state index in [0.717, 1.165) is 10.9 Å². The van der Waals surface area contributed by atoms with Gasteiger partial charge in [0, 0.05) is 18.2 Å². The molecule has 1 aromatic heterocycles. The number of aromatic hydroxyl groups is 1. The van der Waals surface area contributed by atoms with Gasteiger partial charge in [-0.1, -0.05) is 0 Å². The Morgan fingerprint density at radius 1 is 0.826 bits per heavy atom. The molecule has 3 rings (SSSR count). The Kier molecular flexibility index (Phi) is 3.93. The summed E-state index contributed by atoms with van der Waals surface area (Å²) < 4.78 is 21.9. The SMILES string of the molecule is COc1cc(-c2ccc3ccc(O)cc3[o+]2)cc(OC)c1OC. The Balaban J connectivity index is 2.17. The predicted octanol–water partition coefficient (Wildman–Crippen LogP) is 4.11. The molecule has 5 nitrogen and oxygen atoms in total. The maximum absolute atomic E-state index is 9.61. The van der Waals surface area contributed by atoms with Crippen LogP contribution in [-0.4, -0.2) is 26.4 Å². The minimum absolute atomic E-state index is 0.156. The summed E-state index contributed by atoms with van der Waals surface area (Å²) >= 11 is 0. The molecule has 3 aromatic rings. The number of phenols is 1. The van der Waals surface area contributed by atoms with Crippen molar-refractivity contribution >= 4 is 11.0 Å². The molecule has 0 spiro atoms. The first kappa shape index (κ1) is 15.0. The van der Waals surface area contributed by atoms with E-state index in [0.29, 0.717) is 28.6 Å². The highest BCUT2D eigenvalue weighted by Crippen LogP contribution is 2.41. The van der Waals surface area contributed by atoms with Crippen molar-refractivity contribution in [1.82, 2.24) is 0 Å². The molecule has 0 fully saturated rings. The molecule has 0 saturated carbocycles. The summed E-state index contributed by atoms with van der Waals surface area (Å²) in [5.41, 5.74) is 1.38. The molecule has 0 amide bonds. The van der Waals surface area contributed by atoms with Crippen LogP contribution in [0.15, 0.2) is 46.9 Å². The molecule has 0 aliphatic heterocycles. The maximum atomic E-state index is 9.61. The van der Waals surface area contributed by atoms with Gasteiger partial charge in [-0.3, -0.25) is 0 Å². The van der Waals surface area contributed by atoms with Crippen molar-refractivity contribution in [3.8, 4) is 34.3 Å². The molecule has 0 radical (unpaired) electrons. The lowest BCUT2D eigenvalue weighted by Gasteiger charge is -2.12. The van der Waals surface area contributed by atoms with Gasteiger partial charge in [0.15, 0.2) is 11.5 Å². The van der Waals surface area contributed by atoms with E-state index in [2.05, 4.69) is 0 Å². The van der Waals surface area contributed by atoms with E-state index in [1.54, 1.807) is 39.5 Å². The van der Waals surface area contributed by atoms with E-state index < -0.39 is 0 Å². The first-order valence-electron chi connectivity index (χ1n) is 7.02. The molecule has 0 aliphatic carbocycles. The van der Waals surface area contributed by atoms with Crippen LogP contribution < -0.4 is 14.2 Å². The molecule has 0 atom stereocenters. The van der Waals surface area contributed by atoms with Crippen molar-refractivity contribution in [2.45, 2.75) is 0 Å². The Bertz CT molecular complexity index is 832. The molecule has 0 bridgehead atoms. The zero-order chi connectivity index (χ0) is 16.4. The smallest absolute Gasteiger partial charge is 0.364 e. The molecule has 0 saturated heterocycles. The van der Waals surface area contributed by atoms with Crippen molar-refractivity contribution in [2.75, 3.05) is 21.3 Å². The third-order valence-electron chi connectivity index (χ3n) is 3.58. The summed E-state index contributed by atoms with van der Waals surface area (Å²) in [6.07, 6.45) is 0. The molecule has 5 heteroatoms. The normalized spacial score (nSPS) is 10.6. The van der Waals surface area contributed by atoms with E-state index in [9.17, 15) is 5.11 Å². The zero-order valence-electron chi connectivity index (χ0n) is 13.1. The van der Waals surface area contributed by atoms with Crippen LogP contribution >= 0.6 is 0 Å². The second kappa shape index (κ2) is 6.04. The molecular formula is C18H17O5+. The Morgan fingerprint density at radius 2 is 1.48 bits per heavy atom. The lowest BCUT2D eigenvalue weighted by molar-refractivity contribution is 0.324. The summed E-state index contributed by atoms with van der Waals surface area (Å²) in [7, 11) is 4.69. The van der Waals surface area contributed by atoms with Gasteiger partial charge in [0.2, 0.25) is 5.75 Å². The third kappa shape index (κ3) is 2.73. The van der Waals surface area contributed by atoms with E-state index in [1.807, 2.05) is 24.3 Å². The molecule has 23 heavy (non-hydrogen) atoms. The highest BCUT2D eigenvalue weighted by atomic mass is 16.5. The number of hydrogen-bond donors (Lipinski definition) is 1. The Labute approximate surface area is 133 Å². The summed E-state index contributed by atoms with van der Waals surface area (Å²) in [6, 6.07) is 12.4. The second-order valence-corrected chi connectivity index (χ2v) is 4.94. The van der Waals surface area contributed by atoms with Crippen LogP contribution in [0.1, 0.15) is 0 Å². The van der Waals surface area contributed by atoms with Crippen LogP contribution in [0.4, 0.5) is 0 Å². The van der Waals surface area contributed by atoms with E-state index in [1.165, 1.54) is 0 Å². The van der Waals surface area contributed by atoms with E-state index in [-0.39, 0.29) is 5.75 Å². The fraction of sp³-hybridized carbons (Fsp3) is 0.167. The van der Waals surface area contributed by atoms with Gasteiger partial charge in [-0.15, -0.1) is 0 Å². The van der Waals surface area contributed by atoms with Gasteiger partial charge >= 0.3 is 11.3 Å². The fourth-order valence-electron chi connectivity index (χ4n) is 2.45. The molecule has 0 unspecified atom stereocenters. The predicted molar refractivity (Wildman–Crippen MR) is 87.4 cm³/mol. The highest BCUT2D eigenvalue weighted by Gasteiger charge is 2.20. The average molecular weight is 313 g/mol. The van der Waals surface area contributed by atoms with Crippen molar-refractivity contribution in [3.05, 3.63) is 42.5 Å². The number of hydrogen-bond acceptors (Lipinski definition) is 4. The number of benzene rings is 2. The van der Waals surface area contributed by atoms with Crippen LogP contribution in [0, 0.1) is 0 Å². The summed E-state index contributed by atoms with van der Waals surface area (Å²) in [4.78, 5) is 0. The summed E-state index contributed by atoms with van der Waals surface area (Å²) in [5.74, 6) is 2.41. The Morgan fingerprint density at radius 3 is 2.09 bits per heavy atom. The van der Waals surface area contributed by atoms with Gasteiger partial charge in [-0.2, -0.15) is 0 Å². The van der Waals surface area contributed by atoms with Crippen LogP contribution in [0.5, 0.6) is 23.0 Å². The van der Waals surface area contributed by atoms with E-state index in [4.69, 9.17) is 18.6 Å². The zero-order valence-corrected chi connectivity index (χ0v) is 13.1. The largest absolute Gasteiger partial charge is 0.508 e. The molecule has 2 aromatic carbocycles. The number of phenolic OH excluding ortho intramolecular Hbond substituents is 1. The quantitative estimate of drug-likeness (QED) is 0.734. The van der Waals surface area contributed by atoms with Gasteiger partial charge in [0.25, 0.3) is 0 Å². The van der Waals surface area contributed by atoms with Gasteiger partial charge in [-0.25, -0.2) is 4.42 Å². The highest BCUT2D eigenvalue weighted by molar-refractivity contribution is 5.80. The number of fused-ring (bicyclic) bond motifs is 1. The monoisotopic (exact) mass is 313 g/mol. The van der Waals surface area contributed by atoms with Crippen molar-refractivity contribution < 1.29 is 23.7 Å². The standard InChI is InChI=1S/C18H16O5/c1-20-16-8-12(9-17(21-2)18(16)22-3)14-7-5-11-4-6-13(19)10-15(11)23-14/h4-10H,1-3H3/p+1. The van der Waals surface area contributed by atoms with Crippen LogP contribution in [0.2, 0.25) is 0 Å². The minimum atomic E-state index is 0.156. The topological polar surface area (TPSA) is 59.2 Å². The third-order valence-corrected chi connectivity index (χ3v) is 3.58. The second-order valence-electron chi connectivity index (χ2n) is 4.94. The maximum Gasteiger partial charge on any atom is 0.364 e. The van der Waals surface area contributed by atoms with Crippen molar-refractivity contribution in [1.29, 1.82) is 0 Å². The number of rotatable bonds is 4. The summed E-state index contributed by atoms with van der Waals surface area (Å²) in [5, 5.41) is 10.5. The van der Waals surface area contributed by atoms with Gasteiger partial charge in [0.05, 0.1) is 38.3 Å². The number of methoxy groups -OCH3 is 3. The lowest BCUT2D eigenvalue weighted by Crippen LogP contribution is -1.95. The van der Waals surface area contributed by atoms with Gasteiger partial charge in [0.1, 0.15) is 5.75 Å². The number of ether oxygens (including phenoxy) is 3. The van der Waals surface area contributed by atoms with Crippen LogP contribution in [0.3, 0.4) is 0 Å². The lowest BCUT2D eigenvalue weighted by atomic mass is 10.1. The Hall–Kier alpha value is -2.95. The first-order chi connectivity index (χ1) is 11.2. The molecule has 1 N–H and O–H groups in total. The van der Waals surface area contributed by atoms with E-state index >= 15 is 0 Å². The molecule has 118 valence electrons. The molecular weight excluding hydrogens is 296 g/mol. The van der Waals surface area contributed by atoms with Crippen LogP contribution in [-0.2, 0) is 0 Å². The average Bonchev–Trinajstić information content (AvgIpc) is 2.59. The van der Waals surface area contributed by atoms with Crippen molar-refractivity contribution in [2.24, 2.45) is 0 Å². The minimum Gasteiger partial charge on any atom is -0.508 e. The molecule has 1 heterocycles. The fourth-order valence-corrected chi connectivity index (χ4v) is 2.45. The van der Waals surface area contributed by atoms with Crippen molar-refractivity contribution in [3.63, 3.8) is 0 Å². The van der Waals surface area contributed by atoms with Gasteiger partial charge in [-0.05, 0) is 18.2 Å². The van der Waals surface area contributed by atoms with Crippen LogP contribution in [0.25, 0.3) is 22.3 Å². The molecule has 0 aliphatic rings. The summed E-state index contributed by atoms with van der Waals surface area (Å²) in [6.45, 7) is 0. The first-order valence-corrected chi connectivity index (χ1v) is 7.02.